The molecule has 8 nitrogen and oxygen atoms in total. The fourth-order valence-electron chi connectivity index (χ4n) is 6.29. The number of amidine groups is 1. The Bertz CT molecular complexity index is 2370. The maximum atomic E-state index is 10.2. The normalized spacial score (nSPS) is 11.4. The molecule has 0 radical (unpaired) electrons. The largest absolute Gasteiger partial charge is 0.504 e. The molecule has 0 unspecified atom stereocenters. The van der Waals surface area contributed by atoms with E-state index >= 15 is 0 Å². The van der Waals surface area contributed by atoms with E-state index < -0.39 is 28.7 Å². The minimum Gasteiger partial charge on any atom is -0.504 e. The van der Waals surface area contributed by atoms with Crippen molar-refractivity contribution in [2.24, 2.45) is 5.73 Å². The average molecular weight is 736 g/mol. The van der Waals surface area contributed by atoms with E-state index in [0.717, 1.165) is 47.2 Å². The second-order valence-corrected chi connectivity index (χ2v) is 13.8. The number of nitrogens with one attached hydrogen (secondary N) is 2. The Kier molecular flexibility index (Phi) is 11.5. The van der Waals surface area contributed by atoms with E-state index in [1.807, 2.05) is 78.9 Å². The molecule has 1 aromatic heterocycles. The van der Waals surface area contributed by atoms with Crippen molar-refractivity contribution in [2.75, 3.05) is 5.32 Å². The number of benzene rings is 6. The molecule has 9 N–H and O–H groups in total. The Morgan fingerprint density at radius 3 is 1.98 bits per heavy atom. The summed E-state index contributed by atoms with van der Waals surface area (Å²) in [5.74, 6) is -4.00. The zero-order valence-corrected chi connectivity index (χ0v) is 30.4. The number of allylic oxidation sites excluding steroid dienone is 1. The number of aromatic hydroxyl groups is 5. The molecule has 54 heavy (non-hydrogen) atoms. The number of phenolic OH excluding ortho intramolecular Hbond substituents is 5. The number of hydrogen-bond acceptors (Lipinski definition) is 8. The van der Waals surface area contributed by atoms with Gasteiger partial charge in [-0.1, -0.05) is 127 Å². The quantitative estimate of drug-likeness (QED) is 0.0365. The Balaban J connectivity index is 0.000000145. The van der Waals surface area contributed by atoms with Crippen LogP contribution < -0.4 is 11.1 Å². The number of rotatable bonds is 6. The minimum atomic E-state index is -0.971. The Labute approximate surface area is 317 Å². The van der Waals surface area contributed by atoms with Gasteiger partial charge in [0.15, 0.2) is 11.5 Å². The molecule has 8 rings (SSSR count). The van der Waals surface area contributed by atoms with Crippen LogP contribution in [0, 0.1) is 12.3 Å². The van der Waals surface area contributed by atoms with Gasteiger partial charge in [-0.15, -0.1) is 11.3 Å². The third kappa shape index (κ3) is 8.17. The fraction of sp³-hybridized carbons (Fsp3) is 0.0889. The summed E-state index contributed by atoms with van der Waals surface area (Å²) < 4.78 is 1.24. The van der Waals surface area contributed by atoms with Crippen LogP contribution in [0.2, 0.25) is 0 Å². The van der Waals surface area contributed by atoms with Crippen molar-refractivity contribution in [2.45, 2.75) is 26.3 Å². The van der Waals surface area contributed by atoms with Gasteiger partial charge in [-0.25, -0.2) is 0 Å². The molecule has 1 heterocycles. The van der Waals surface area contributed by atoms with Gasteiger partial charge in [0.2, 0.25) is 17.2 Å². The Morgan fingerprint density at radius 2 is 1.31 bits per heavy atom. The smallest absolute Gasteiger partial charge is 0.208 e. The summed E-state index contributed by atoms with van der Waals surface area (Å²) in [4.78, 5) is 1.42. The molecular formula is C45H41N3O5S. The number of aryl methyl sites for hydroxylation is 2. The molecule has 6 aromatic carbocycles. The standard InChI is InChI=1S/C19H16O5.C13H12N2S.C13H13N/c1-10-5-4-6-11(9-10)12-7-2-3-8-13(12)14-15(20)17(22)19(24)18(23)16(14)21;14-13(15)9-5-3-7-11-12(9)8-4-1-2-6-10(8)16-11;1-3-7-12(8-4-1)11-14-13-9-5-2-6-10-13/h2-9,20-24H,1H3;1,3-5,7H,2,6H2,(H3,14,15);1-10,14H,11H2. The average Bonchev–Trinajstić information content (AvgIpc) is 3.59. The summed E-state index contributed by atoms with van der Waals surface area (Å²) in [5.41, 5.74) is 13.1. The van der Waals surface area contributed by atoms with Gasteiger partial charge in [-0.2, -0.15) is 0 Å². The van der Waals surface area contributed by atoms with Crippen molar-refractivity contribution in [1.82, 2.24) is 0 Å². The maximum Gasteiger partial charge on any atom is 0.208 e. The van der Waals surface area contributed by atoms with Crippen molar-refractivity contribution >= 4 is 39.0 Å². The van der Waals surface area contributed by atoms with Crippen LogP contribution in [0.5, 0.6) is 28.7 Å². The fourth-order valence-corrected chi connectivity index (χ4v) is 7.52. The summed E-state index contributed by atoms with van der Waals surface area (Å²) >= 11 is 1.83. The van der Waals surface area contributed by atoms with Crippen LogP contribution in [-0.4, -0.2) is 31.4 Å². The van der Waals surface area contributed by atoms with Crippen molar-refractivity contribution in [3.8, 4) is 51.0 Å². The highest BCUT2D eigenvalue weighted by atomic mass is 32.1. The first-order valence-electron chi connectivity index (χ1n) is 17.4. The topological polar surface area (TPSA) is 163 Å². The third-order valence-corrected chi connectivity index (χ3v) is 10.2. The minimum absolute atomic E-state index is 0.153. The number of nitrogen functional groups attached to an aromatic ring is 1. The number of fused-ring (bicyclic) bond motifs is 3. The second kappa shape index (κ2) is 16.8. The SMILES string of the molecule is Cc1cccc(-c2ccccc2-c2c(O)c(O)c(O)c(O)c2O)c1.N=C(N)c1cccc2sc3c(c12)C=CCC3.c1ccc(CNc2ccccc2)cc1. The van der Waals surface area contributed by atoms with Gasteiger partial charge in [-0.05, 0) is 65.8 Å². The van der Waals surface area contributed by atoms with Crippen molar-refractivity contribution < 1.29 is 25.5 Å². The Morgan fingerprint density at radius 1 is 0.704 bits per heavy atom. The van der Waals surface area contributed by atoms with Gasteiger partial charge in [-0.3, -0.25) is 5.41 Å². The molecule has 272 valence electrons. The molecular weight excluding hydrogens is 695 g/mol. The summed E-state index contributed by atoms with van der Waals surface area (Å²) in [5, 5.41) is 61.6. The maximum absolute atomic E-state index is 10.2. The lowest BCUT2D eigenvalue weighted by Gasteiger charge is -2.16. The molecule has 0 atom stereocenters. The van der Waals surface area contributed by atoms with Crippen LogP contribution in [0.1, 0.15) is 33.6 Å². The molecule has 0 saturated heterocycles. The van der Waals surface area contributed by atoms with Crippen LogP contribution in [0.15, 0.2) is 133 Å². The van der Waals surface area contributed by atoms with Crippen LogP contribution >= 0.6 is 11.3 Å². The number of hydrogen-bond donors (Lipinski definition) is 8. The molecule has 0 bridgehead atoms. The summed E-state index contributed by atoms with van der Waals surface area (Å²) in [6.45, 7) is 2.82. The molecule has 0 fully saturated rings. The molecule has 1 aliphatic rings. The first-order valence-corrected chi connectivity index (χ1v) is 18.2. The van der Waals surface area contributed by atoms with Gasteiger partial charge in [0.05, 0.1) is 5.56 Å². The van der Waals surface area contributed by atoms with Gasteiger partial charge in [0, 0.05) is 32.8 Å². The molecule has 1 aliphatic carbocycles. The Hall–Kier alpha value is -6.71. The van der Waals surface area contributed by atoms with Crippen LogP contribution in [-0.2, 0) is 13.0 Å². The van der Waals surface area contributed by atoms with Crippen LogP contribution in [0.25, 0.3) is 38.4 Å². The summed E-state index contributed by atoms with van der Waals surface area (Å²) in [6.07, 6.45) is 6.60. The van der Waals surface area contributed by atoms with Crippen molar-refractivity contribution in [3.63, 3.8) is 0 Å². The molecule has 0 spiro atoms. The number of para-hydroxylation sites is 1. The van der Waals surface area contributed by atoms with E-state index in [2.05, 4.69) is 59.9 Å². The lowest BCUT2D eigenvalue weighted by atomic mass is 9.92. The molecule has 0 saturated carbocycles. The monoisotopic (exact) mass is 735 g/mol. The van der Waals surface area contributed by atoms with E-state index in [4.69, 9.17) is 11.1 Å². The lowest BCUT2D eigenvalue weighted by molar-refractivity contribution is 0.330. The van der Waals surface area contributed by atoms with Gasteiger partial charge < -0.3 is 36.6 Å². The summed E-state index contributed by atoms with van der Waals surface area (Å²) in [7, 11) is 0. The number of thiophene rings is 1. The molecule has 7 aromatic rings. The van der Waals surface area contributed by atoms with Gasteiger partial charge in [0.1, 0.15) is 5.84 Å². The van der Waals surface area contributed by atoms with E-state index in [9.17, 15) is 25.5 Å². The van der Waals surface area contributed by atoms with E-state index in [1.54, 1.807) is 24.3 Å². The molecule has 0 aliphatic heterocycles. The van der Waals surface area contributed by atoms with Crippen LogP contribution in [0.4, 0.5) is 5.69 Å². The van der Waals surface area contributed by atoms with Crippen molar-refractivity contribution in [1.29, 1.82) is 5.41 Å². The zero-order chi connectivity index (χ0) is 38.2. The lowest BCUT2D eigenvalue weighted by Crippen LogP contribution is -2.11. The predicted octanol–water partition coefficient (Wildman–Crippen LogP) is 10.3. The molecule has 9 heteroatoms. The van der Waals surface area contributed by atoms with E-state index in [-0.39, 0.29) is 11.4 Å². The van der Waals surface area contributed by atoms with Crippen LogP contribution in [0.3, 0.4) is 0 Å². The molecule has 0 amide bonds. The number of anilines is 1. The highest BCUT2D eigenvalue weighted by Gasteiger charge is 2.25. The van der Waals surface area contributed by atoms with E-state index in [0.29, 0.717) is 11.1 Å². The van der Waals surface area contributed by atoms with Crippen molar-refractivity contribution in [3.05, 3.63) is 161 Å². The third-order valence-electron chi connectivity index (χ3n) is 8.95. The number of nitrogens with two attached hydrogens (primary N) is 1. The highest BCUT2D eigenvalue weighted by molar-refractivity contribution is 7.19. The first-order chi connectivity index (χ1) is 26.1. The predicted molar refractivity (Wildman–Crippen MR) is 221 cm³/mol. The first kappa shape index (κ1) is 37.1. The van der Waals surface area contributed by atoms with E-state index in [1.165, 1.54) is 20.7 Å². The van der Waals surface area contributed by atoms with Gasteiger partial charge >= 0.3 is 0 Å². The van der Waals surface area contributed by atoms with Gasteiger partial charge in [0.25, 0.3) is 0 Å². The summed E-state index contributed by atoms with van der Waals surface area (Å²) in [6, 6.07) is 41.2. The highest BCUT2D eigenvalue weighted by Crippen LogP contribution is 2.56. The zero-order valence-electron chi connectivity index (χ0n) is 29.6. The number of phenols is 5. The second-order valence-electron chi connectivity index (χ2n) is 12.7.